The van der Waals surface area contributed by atoms with Gasteiger partial charge in [0.2, 0.25) is 12.3 Å². The van der Waals surface area contributed by atoms with Crippen LogP contribution in [0, 0.1) is 6.92 Å². The third-order valence-electron chi connectivity index (χ3n) is 3.70. The summed E-state index contributed by atoms with van der Waals surface area (Å²) in [4.78, 5) is 11.9. The molecular formula is C17H17N3O2. The normalized spacial score (nSPS) is 10.8. The van der Waals surface area contributed by atoms with Gasteiger partial charge in [0.1, 0.15) is 0 Å². The Hall–Kier alpha value is -2.69. The molecule has 22 heavy (non-hydrogen) atoms. The molecule has 0 spiro atoms. The van der Waals surface area contributed by atoms with Crippen LogP contribution in [0.4, 0.5) is 0 Å². The number of pyridine rings is 1. The first-order valence-corrected chi connectivity index (χ1v) is 7.25. The number of aryl methyl sites for hydroxylation is 3. The molecule has 5 heteroatoms. The van der Waals surface area contributed by atoms with Crippen molar-refractivity contribution in [2.75, 3.05) is 0 Å². The number of aromatic nitrogens is 3. The average molecular weight is 295 g/mol. The summed E-state index contributed by atoms with van der Waals surface area (Å²) in [5.41, 5.74) is 3.35. The molecule has 2 heterocycles. The summed E-state index contributed by atoms with van der Waals surface area (Å²) in [5.74, 6) is 0.424. The van der Waals surface area contributed by atoms with E-state index in [1.807, 2.05) is 12.1 Å². The van der Waals surface area contributed by atoms with E-state index >= 15 is 0 Å². The molecule has 0 amide bonds. The van der Waals surface area contributed by atoms with E-state index in [4.69, 9.17) is 4.42 Å². The van der Waals surface area contributed by atoms with E-state index in [2.05, 4.69) is 29.3 Å². The molecule has 0 aliphatic rings. The van der Waals surface area contributed by atoms with E-state index in [0.717, 1.165) is 18.4 Å². The topological polar surface area (TPSA) is 60.9 Å². The fourth-order valence-corrected chi connectivity index (χ4v) is 2.46. The minimum Gasteiger partial charge on any atom is -0.423 e. The van der Waals surface area contributed by atoms with Gasteiger partial charge < -0.3 is 8.98 Å². The Morgan fingerprint density at radius 1 is 1.18 bits per heavy atom. The Labute approximate surface area is 128 Å². The lowest BCUT2D eigenvalue weighted by Gasteiger charge is -2.08. The Kier molecular flexibility index (Phi) is 4.14. The Balaban J connectivity index is 1.71. The number of hydrogen-bond donors (Lipinski definition) is 0. The number of benzene rings is 1. The highest BCUT2D eigenvalue weighted by molar-refractivity contribution is 5.49. The summed E-state index contributed by atoms with van der Waals surface area (Å²) in [6.07, 6.45) is 4.90. The first kappa shape index (κ1) is 14.3. The molecule has 2 aromatic heterocycles. The molecule has 3 rings (SSSR count). The van der Waals surface area contributed by atoms with Crippen molar-refractivity contribution in [3.8, 4) is 11.5 Å². The number of rotatable bonds is 5. The van der Waals surface area contributed by atoms with Crippen molar-refractivity contribution in [2.45, 2.75) is 26.3 Å². The van der Waals surface area contributed by atoms with E-state index < -0.39 is 0 Å². The molecule has 0 saturated heterocycles. The minimum atomic E-state index is -0.0203. The van der Waals surface area contributed by atoms with Crippen LogP contribution in [-0.2, 0) is 13.0 Å². The van der Waals surface area contributed by atoms with Gasteiger partial charge in [-0.05, 0) is 37.0 Å². The molecular weight excluding hydrogens is 278 g/mol. The van der Waals surface area contributed by atoms with Crippen LogP contribution < -0.4 is 5.56 Å². The third-order valence-corrected chi connectivity index (χ3v) is 3.70. The van der Waals surface area contributed by atoms with Crippen LogP contribution in [0.3, 0.4) is 0 Å². The zero-order valence-electron chi connectivity index (χ0n) is 12.4. The molecule has 0 atom stereocenters. The predicted molar refractivity (Wildman–Crippen MR) is 83.5 cm³/mol. The summed E-state index contributed by atoms with van der Waals surface area (Å²) in [5, 5.41) is 7.52. The van der Waals surface area contributed by atoms with Gasteiger partial charge >= 0.3 is 0 Å². The predicted octanol–water partition coefficient (Wildman–Crippen LogP) is 2.84. The molecule has 0 bridgehead atoms. The summed E-state index contributed by atoms with van der Waals surface area (Å²) in [7, 11) is 0. The molecule has 0 unspecified atom stereocenters. The monoisotopic (exact) mass is 295 g/mol. The van der Waals surface area contributed by atoms with Crippen molar-refractivity contribution in [2.24, 2.45) is 0 Å². The smallest absolute Gasteiger partial charge is 0.250 e. The lowest BCUT2D eigenvalue weighted by atomic mass is 10.0. The van der Waals surface area contributed by atoms with Gasteiger partial charge in [-0.25, -0.2) is 0 Å². The molecule has 0 fully saturated rings. The standard InChI is InChI=1S/C17H17N3O2/c1-13-5-2-3-6-14(13)7-4-10-20-11-15(8-9-16(20)21)17-19-18-12-22-17/h2-3,5-6,8-9,11-12H,4,7,10H2,1H3. The van der Waals surface area contributed by atoms with E-state index in [9.17, 15) is 4.79 Å². The number of nitrogens with zero attached hydrogens (tertiary/aromatic N) is 3. The van der Waals surface area contributed by atoms with E-state index in [1.54, 1.807) is 16.8 Å². The van der Waals surface area contributed by atoms with E-state index in [0.29, 0.717) is 12.4 Å². The van der Waals surface area contributed by atoms with Gasteiger partial charge in [0, 0.05) is 18.8 Å². The highest BCUT2D eigenvalue weighted by atomic mass is 16.4. The SMILES string of the molecule is Cc1ccccc1CCCn1cc(-c2nnco2)ccc1=O. The van der Waals surface area contributed by atoms with Crippen LogP contribution in [0.5, 0.6) is 0 Å². The molecule has 3 aromatic rings. The third kappa shape index (κ3) is 3.14. The van der Waals surface area contributed by atoms with Gasteiger partial charge in [0.25, 0.3) is 5.56 Å². The molecule has 1 aromatic carbocycles. The molecule has 0 aliphatic heterocycles. The quantitative estimate of drug-likeness (QED) is 0.726. The lowest BCUT2D eigenvalue weighted by Crippen LogP contribution is -2.19. The van der Waals surface area contributed by atoms with Crippen molar-refractivity contribution in [3.63, 3.8) is 0 Å². The molecule has 0 saturated carbocycles. The van der Waals surface area contributed by atoms with Crippen molar-refractivity contribution >= 4 is 0 Å². The largest absolute Gasteiger partial charge is 0.423 e. The zero-order chi connectivity index (χ0) is 15.4. The molecule has 0 N–H and O–H groups in total. The molecule has 5 nitrogen and oxygen atoms in total. The maximum atomic E-state index is 11.9. The summed E-state index contributed by atoms with van der Waals surface area (Å²) >= 11 is 0. The van der Waals surface area contributed by atoms with Gasteiger partial charge in [-0.3, -0.25) is 4.79 Å². The van der Waals surface area contributed by atoms with Crippen LogP contribution in [0.2, 0.25) is 0 Å². The van der Waals surface area contributed by atoms with Crippen molar-refractivity contribution in [3.05, 3.63) is 70.5 Å². The van der Waals surface area contributed by atoms with Crippen molar-refractivity contribution in [1.29, 1.82) is 0 Å². The van der Waals surface area contributed by atoms with Crippen LogP contribution >= 0.6 is 0 Å². The molecule has 0 radical (unpaired) electrons. The maximum Gasteiger partial charge on any atom is 0.250 e. The van der Waals surface area contributed by atoms with Gasteiger partial charge in [0.15, 0.2) is 0 Å². The average Bonchev–Trinajstić information content (AvgIpc) is 3.05. The number of hydrogen-bond acceptors (Lipinski definition) is 4. The highest BCUT2D eigenvalue weighted by Crippen LogP contribution is 2.14. The second-order valence-electron chi connectivity index (χ2n) is 5.22. The summed E-state index contributed by atoms with van der Waals surface area (Å²) in [6, 6.07) is 11.6. The first-order valence-electron chi connectivity index (χ1n) is 7.25. The van der Waals surface area contributed by atoms with Gasteiger partial charge in [0.05, 0.1) is 5.56 Å². The van der Waals surface area contributed by atoms with Crippen molar-refractivity contribution in [1.82, 2.24) is 14.8 Å². The Bertz CT molecular complexity index is 807. The summed E-state index contributed by atoms with van der Waals surface area (Å²) < 4.78 is 6.86. The minimum absolute atomic E-state index is 0.0203. The van der Waals surface area contributed by atoms with Crippen LogP contribution in [0.1, 0.15) is 17.5 Å². The van der Waals surface area contributed by atoms with Crippen LogP contribution in [-0.4, -0.2) is 14.8 Å². The van der Waals surface area contributed by atoms with Gasteiger partial charge in [-0.1, -0.05) is 24.3 Å². The second kappa shape index (κ2) is 6.39. The van der Waals surface area contributed by atoms with Crippen LogP contribution in [0.25, 0.3) is 11.5 Å². The Morgan fingerprint density at radius 2 is 2.05 bits per heavy atom. The first-order chi connectivity index (χ1) is 10.7. The van der Waals surface area contributed by atoms with Gasteiger partial charge in [-0.15, -0.1) is 10.2 Å². The fraction of sp³-hybridized carbons (Fsp3) is 0.235. The summed E-state index contributed by atoms with van der Waals surface area (Å²) in [6.45, 7) is 2.77. The zero-order valence-corrected chi connectivity index (χ0v) is 12.4. The van der Waals surface area contributed by atoms with Crippen molar-refractivity contribution < 1.29 is 4.42 Å². The Morgan fingerprint density at radius 3 is 2.82 bits per heavy atom. The second-order valence-corrected chi connectivity index (χ2v) is 5.22. The highest BCUT2D eigenvalue weighted by Gasteiger charge is 2.06. The molecule has 0 aliphatic carbocycles. The molecule has 112 valence electrons. The van der Waals surface area contributed by atoms with Crippen LogP contribution in [0.15, 0.2) is 58.2 Å². The fourth-order valence-electron chi connectivity index (χ4n) is 2.46. The van der Waals surface area contributed by atoms with E-state index in [-0.39, 0.29) is 5.56 Å². The lowest BCUT2D eigenvalue weighted by molar-refractivity contribution is 0.565. The van der Waals surface area contributed by atoms with Gasteiger partial charge in [-0.2, -0.15) is 0 Å². The van der Waals surface area contributed by atoms with E-state index in [1.165, 1.54) is 23.6 Å². The maximum absolute atomic E-state index is 11.9.